The van der Waals surface area contributed by atoms with Gasteiger partial charge in [-0.1, -0.05) is 30.3 Å². The first kappa shape index (κ1) is 16.1. The van der Waals surface area contributed by atoms with E-state index in [4.69, 9.17) is 9.84 Å². The molecule has 24 heavy (non-hydrogen) atoms. The standard InChI is InChI=1S/C18H20N4O2/c1-3-17(24-15-8-6-14(12-23)7-9-15)16-11-22(21-20-16)18-13(2)5-4-10-19-18/h4-11,17,23H,3,12H2,1-2H3. The lowest BCUT2D eigenvalue weighted by atomic mass is 10.2. The Hall–Kier alpha value is -2.73. The van der Waals surface area contributed by atoms with Crippen molar-refractivity contribution in [2.24, 2.45) is 0 Å². The number of ether oxygens (including phenoxy) is 1. The van der Waals surface area contributed by atoms with Crippen LogP contribution >= 0.6 is 0 Å². The third kappa shape index (κ3) is 3.44. The van der Waals surface area contributed by atoms with Crippen LogP contribution in [0.3, 0.4) is 0 Å². The van der Waals surface area contributed by atoms with Crippen LogP contribution in [-0.4, -0.2) is 25.1 Å². The van der Waals surface area contributed by atoms with E-state index in [0.29, 0.717) is 0 Å². The smallest absolute Gasteiger partial charge is 0.157 e. The second kappa shape index (κ2) is 7.23. The molecule has 0 aliphatic rings. The van der Waals surface area contributed by atoms with Gasteiger partial charge in [0.05, 0.1) is 12.8 Å². The van der Waals surface area contributed by atoms with Crippen molar-refractivity contribution in [2.45, 2.75) is 33.0 Å². The molecule has 0 fully saturated rings. The van der Waals surface area contributed by atoms with Crippen molar-refractivity contribution in [3.63, 3.8) is 0 Å². The maximum atomic E-state index is 9.10. The van der Waals surface area contributed by atoms with Gasteiger partial charge in [0, 0.05) is 6.20 Å². The number of hydrogen-bond donors (Lipinski definition) is 1. The van der Waals surface area contributed by atoms with Crippen LogP contribution in [0.1, 0.15) is 36.3 Å². The summed E-state index contributed by atoms with van der Waals surface area (Å²) >= 11 is 0. The monoisotopic (exact) mass is 324 g/mol. The van der Waals surface area contributed by atoms with Crippen LogP contribution in [0.2, 0.25) is 0 Å². The molecule has 1 N–H and O–H groups in total. The van der Waals surface area contributed by atoms with Crippen molar-refractivity contribution in [1.82, 2.24) is 20.0 Å². The van der Waals surface area contributed by atoms with Crippen LogP contribution in [-0.2, 0) is 6.61 Å². The van der Waals surface area contributed by atoms with Gasteiger partial charge in [-0.2, -0.15) is 0 Å². The zero-order valence-electron chi connectivity index (χ0n) is 13.8. The summed E-state index contributed by atoms with van der Waals surface area (Å²) in [6.07, 6.45) is 4.16. The molecule has 0 aliphatic heterocycles. The third-order valence-corrected chi connectivity index (χ3v) is 3.79. The van der Waals surface area contributed by atoms with Crippen molar-refractivity contribution in [2.75, 3.05) is 0 Å². The third-order valence-electron chi connectivity index (χ3n) is 3.79. The molecule has 1 unspecified atom stereocenters. The van der Waals surface area contributed by atoms with Gasteiger partial charge in [0.2, 0.25) is 0 Å². The quantitative estimate of drug-likeness (QED) is 0.754. The molecular weight excluding hydrogens is 304 g/mol. The van der Waals surface area contributed by atoms with Crippen molar-refractivity contribution < 1.29 is 9.84 Å². The second-order valence-electron chi connectivity index (χ2n) is 5.55. The molecule has 0 spiro atoms. The van der Waals surface area contributed by atoms with Gasteiger partial charge in [-0.05, 0) is 42.7 Å². The SMILES string of the molecule is CCC(Oc1ccc(CO)cc1)c1cn(-c2ncccc2C)nn1. The lowest BCUT2D eigenvalue weighted by Crippen LogP contribution is -2.07. The molecule has 124 valence electrons. The number of hydrogen-bond acceptors (Lipinski definition) is 5. The topological polar surface area (TPSA) is 73.1 Å². The van der Waals surface area contributed by atoms with Crippen molar-refractivity contribution >= 4 is 0 Å². The molecule has 0 amide bonds. The van der Waals surface area contributed by atoms with Crippen LogP contribution in [0.15, 0.2) is 48.8 Å². The average Bonchev–Trinajstić information content (AvgIpc) is 3.10. The summed E-state index contributed by atoms with van der Waals surface area (Å²) in [6.45, 7) is 4.05. The van der Waals surface area contributed by atoms with Crippen molar-refractivity contribution in [3.8, 4) is 11.6 Å². The van der Waals surface area contributed by atoms with E-state index < -0.39 is 0 Å². The molecule has 0 saturated heterocycles. The minimum absolute atomic E-state index is 0.0231. The van der Waals surface area contributed by atoms with Gasteiger partial charge in [0.1, 0.15) is 17.5 Å². The number of benzene rings is 1. The highest BCUT2D eigenvalue weighted by Crippen LogP contribution is 2.24. The molecule has 0 saturated carbocycles. The molecule has 2 aromatic heterocycles. The number of aromatic nitrogens is 4. The van der Waals surface area contributed by atoms with E-state index in [9.17, 15) is 0 Å². The first-order valence-electron chi connectivity index (χ1n) is 7.92. The number of aryl methyl sites for hydroxylation is 1. The summed E-state index contributed by atoms with van der Waals surface area (Å²) < 4.78 is 7.68. The Morgan fingerprint density at radius 3 is 2.67 bits per heavy atom. The maximum Gasteiger partial charge on any atom is 0.157 e. The lowest BCUT2D eigenvalue weighted by molar-refractivity contribution is 0.196. The molecule has 1 aromatic carbocycles. The highest BCUT2D eigenvalue weighted by molar-refractivity contribution is 5.31. The van der Waals surface area contributed by atoms with Gasteiger partial charge in [-0.15, -0.1) is 5.10 Å². The first-order valence-corrected chi connectivity index (χ1v) is 7.92. The Bertz CT molecular complexity index is 799. The van der Waals surface area contributed by atoms with E-state index in [1.54, 1.807) is 10.9 Å². The number of rotatable bonds is 6. The molecule has 0 bridgehead atoms. The lowest BCUT2D eigenvalue weighted by Gasteiger charge is -2.15. The molecular formula is C18H20N4O2. The summed E-state index contributed by atoms with van der Waals surface area (Å²) in [7, 11) is 0. The fourth-order valence-corrected chi connectivity index (χ4v) is 2.44. The molecule has 6 nitrogen and oxygen atoms in total. The van der Waals surface area contributed by atoms with E-state index in [0.717, 1.165) is 34.8 Å². The van der Waals surface area contributed by atoms with Crippen LogP contribution in [0.25, 0.3) is 5.82 Å². The number of aliphatic hydroxyl groups excluding tert-OH is 1. The van der Waals surface area contributed by atoms with Gasteiger partial charge in [-0.3, -0.25) is 0 Å². The summed E-state index contributed by atoms with van der Waals surface area (Å²) in [5.41, 5.74) is 2.64. The zero-order valence-corrected chi connectivity index (χ0v) is 13.8. The number of aliphatic hydroxyl groups is 1. The normalized spacial score (nSPS) is 12.1. The summed E-state index contributed by atoms with van der Waals surface area (Å²) in [6, 6.07) is 11.3. The largest absolute Gasteiger partial charge is 0.484 e. The summed E-state index contributed by atoms with van der Waals surface area (Å²) in [5.74, 6) is 1.50. The van der Waals surface area contributed by atoms with Gasteiger partial charge < -0.3 is 9.84 Å². The van der Waals surface area contributed by atoms with Crippen LogP contribution in [0.5, 0.6) is 5.75 Å². The van der Waals surface area contributed by atoms with E-state index in [1.807, 2.05) is 56.4 Å². The van der Waals surface area contributed by atoms with E-state index in [1.165, 1.54) is 0 Å². The minimum Gasteiger partial charge on any atom is -0.484 e. The molecule has 1 atom stereocenters. The Kier molecular flexibility index (Phi) is 4.86. The molecule has 6 heteroatoms. The molecule has 3 rings (SSSR count). The summed E-state index contributed by atoms with van der Waals surface area (Å²) in [5, 5.41) is 17.5. The van der Waals surface area contributed by atoms with Crippen molar-refractivity contribution in [3.05, 3.63) is 65.6 Å². The van der Waals surface area contributed by atoms with Gasteiger partial charge >= 0.3 is 0 Å². The second-order valence-corrected chi connectivity index (χ2v) is 5.55. The fraction of sp³-hybridized carbons (Fsp3) is 0.278. The molecule has 3 aromatic rings. The van der Waals surface area contributed by atoms with E-state index in [-0.39, 0.29) is 12.7 Å². The molecule has 0 aliphatic carbocycles. The fourth-order valence-electron chi connectivity index (χ4n) is 2.44. The van der Waals surface area contributed by atoms with Gasteiger partial charge in [0.25, 0.3) is 0 Å². The predicted octanol–water partition coefficient (Wildman–Crippen LogP) is 2.99. The van der Waals surface area contributed by atoms with Gasteiger partial charge in [0.15, 0.2) is 5.82 Å². The molecule has 2 heterocycles. The molecule has 0 radical (unpaired) electrons. The number of nitrogens with zero attached hydrogens (tertiary/aromatic N) is 4. The first-order chi connectivity index (χ1) is 11.7. The highest BCUT2D eigenvalue weighted by Gasteiger charge is 2.17. The Morgan fingerprint density at radius 1 is 1.21 bits per heavy atom. The maximum absolute atomic E-state index is 9.10. The highest BCUT2D eigenvalue weighted by atomic mass is 16.5. The van der Waals surface area contributed by atoms with E-state index >= 15 is 0 Å². The predicted molar refractivity (Wildman–Crippen MR) is 89.9 cm³/mol. The Balaban J connectivity index is 1.80. The Labute approximate surface area is 140 Å². The van der Waals surface area contributed by atoms with Gasteiger partial charge in [-0.25, -0.2) is 9.67 Å². The van der Waals surface area contributed by atoms with Crippen LogP contribution in [0, 0.1) is 6.92 Å². The minimum atomic E-state index is -0.192. The van der Waals surface area contributed by atoms with Crippen molar-refractivity contribution in [1.29, 1.82) is 0 Å². The average molecular weight is 324 g/mol. The number of pyridine rings is 1. The summed E-state index contributed by atoms with van der Waals surface area (Å²) in [4.78, 5) is 4.35. The Morgan fingerprint density at radius 2 is 2.00 bits per heavy atom. The zero-order chi connectivity index (χ0) is 16.9. The van der Waals surface area contributed by atoms with Crippen LogP contribution < -0.4 is 4.74 Å². The van der Waals surface area contributed by atoms with Crippen LogP contribution in [0.4, 0.5) is 0 Å². The van der Waals surface area contributed by atoms with E-state index in [2.05, 4.69) is 15.3 Å².